The number of aryl methyl sites for hydroxylation is 2. The van der Waals surface area contributed by atoms with Gasteiger partial charge in [-0.1, -0.05) is 18.2 Å². The normalized spacial score (nSPS) is 12.8. The van der Waals surface area contributed by atoms with E-state index in [2.05, 4.69) is 22.9 Å². The first-order valence-electron chi connectivity index (χ1n) is 7.18. The van der Waals surface area contributed by atoms with Gasteiger partial charge in [0.1, 0.15) is 12.4 Å². The largest absolute Gasteiger partial charge is 0.489 e. The number of rotatable bonds is 4. The second-order valence-corrected chi connectivity index (χ2v) is 5.26. The highest BCUT2D eigenvalue weighted by atomic mass is 16.5. The van der Waals surface area contributed by atoms with Crippen LogP contribution in [0.25, 0.3) is 0 Å². The Kier molecular flexibility index (Phi) is 3.91. The molecule has 108 valence electrons. The van der Waals surface area contributed by atoms with Crippen LogP contribution in [0.3, 0.4) is 0 Å². The first-order valence-corrected chi connectivity index (χ1v) is 7.18. The molecule has 0 heterocycles. The molecule has 2 aromatic carbocycles. The van der Waals surface area contributed by atoms with E-state index in [-0.39, 0.29) is 5.97 Å². The topological polar surface area (TPSA) is 35.5 Å². The molecule has 0 aliphatic heterocycles. The molecular weight excluding hydrogens is 264 g/mol. The molecule has 1 aliphatic rings. The molecule has 0 fully saturated rings. The van der Waals surface area contributed by atoms with Crippen LogP contribution in [0.2, 0.25) is 0 Å². The maximum atomic E-state index is 11.3. The Balaban J connectivity index is 1.63. The van der Waals surface area contributed by atoms with Crippen LogP contribution in [0.5, 0.6) is 5.75 Å². The SMILES string of the molecule is COC(=O)c1ccc(OCc2ccc3c(c2)CCC3)cc1. The lowest BCUT2D eigenvalue weighted by Gasteiger charge is -2.08. The number of fused-ring (bicyclic) bond motifs is 1. The molecule has 0 atom stereocenters. The van der Waals surface area contributed by atoms with Crippen LogP contribution < -0.4 is 4.74 Å². The summed E-state index contributed by atoms with van der Waals surface area (Å²) in [7, 11) is 1.38. The molecule has 0 unspecified atom stereocenters. The smallest absolute Gasteiger partial charge is 0.337 e. The number of benzene rings is 2. The van der Waals surface area contributed by atoms with Crippen molar-refractivity contribution in [3.8, 4) is 5.75 Å². The summed E-state index contributed by atoms with van der Waals surface area (Å²) in [5, 5.41) is 0. The van der Waals surface area contributed by atoms with Crippen molar-refractivity contribution in [1.82, 2.24) is 0 Å². The zero-order valence-corrected chi connectivity index (χ0v) is 12.1. The maximum absolute atomic E-state index is 11.3. The minimum atomic E-state index is -0.333. The summed E-state index contributed by atoms with van der Waals surface area (Å²) in [6.45, 7) is 0.546. The molecule has 0 bridgehead atoms. The second-order valence-electron chi connectivity index (χ2n) is 5.26. The molecule has 1 aliphatic carbocycles. The molecule has 0 radical (unpaired) electrons. The quantitative estimate of drug-likeness (QED) is 0.805. The minimum absolute atomic E-state index is 0.333. The second kappa shape index (κ2) is 6.00. The summed E-state index contributed by atoms with van der Waals surface area (Å²) < 4.78 is 10.4. The molecule has 0 N–H and O–H groups in total. The predicted octanol–water partition coefficient (Wildman–Crippen LogP) is 3.54. The highest BCUT2D eigenvalue weighted by Crippen LogP contribution is 2.23. The van der Waals surface area contributed by atoms with Crippen molar-refractivity contribution in [1.29, 1.82) is 0 Å². The summed E-state index contributed by atoms with van der Waals surface area (Å²) in [6.07, 6.45) is 3.64. The van der Waals surface area contributed by atoms with Crippen molar-refractivity contribution in [3.05, 3.63) is 64.7 Å². The van der Waals surface area contributed by atoms with E-state index in [1.54, 1.807) is 24.3 Å². The molecule has 0 amide bonds. The minimum Gasteiger partial charge on any atom is -0.489 e. The number of esters is 1. The Morgan fingerprint density at radius 2 is 1.81 bits per heavy atom. The summed E-state index contributed by atoms with van der Waals surface area (Å²) in [5.41, 5.74) is 4.65. The van der Waals surface area contributed by atoms with Gasteiger partial charge in [-0.05, 0) is 60.2 Å². The summed E-state index contributed by atoms with van der Waals surface area (Å²) in [5.74, 6) is 0.420. The fourth-order valence-corrected chi connectivity index (χ4v) is 2.69. The van der Waals surface area contributed by atoms with Gasteiger partial charge >= 0.3 is 5.97 Å². The van der Waals surface area contributed by atoms with Crippen LogP contribution >= 0.6 is 0 Å². The molecule has 0 spiro atoms. The lowest BCUT2D eigenvalue weighted by molar-refractivity contribution is 0.0600. The van der Waals surface area contributed by atoms with Gasteiger partial charge in [-0.2, -0.15) is 0 Å². The third-order valence-corrected chi connectivity index (χ3v) is 3.84. The maximum Gasteiger partial charge on any atom is 0.337 e. The van der Waals surface area contributed by atoms with Crippen LogP contribution in [0, 0.1) is 0 Å². The van der Waals surface area contributed by atoms with Crippen molar-refractivity contribution in [2.24, 2.45) is 0 Å². The Morgan fingerprint density at radius 3 is 2.57 bits per heavy atom. The monoisotopic (exact) mass is 282 g/mol. The summed E-state index contributed by atoms with van der Waals surface area (Å²) >= 11 is 0. The molecule has 2 aromatic rings. The van der Waals surface area contributed by atoms with E-state index in [9.17, 15) is 4.79 Å². The van der Waals surface area contributed by atoms with E-state index in [4.69, 9.17) is 4.74 Å². The summed E-state index contributed by atoms with van der Waals surface area (Å²) in [4.78, 5) is 11.3. The Morgan fingerprint density at radius 1 is 1.05 bits per heavy atom. The number of hydrogen-bond acceptors (Lipinski definition) is 3. The van der Waals surface area contributed by atoms with Crippen molar-refractivity contribution in [2.75, 3.05) is 7.11 Å². The van der Waals surface area contributed by atoms with Gasteiger partial charge in [0, 0.05) is 0 Å². The molecule has 0 saturated carbocycles. The molecule has 0 saturated heterocycles. The lowest BCUT2D eigenvalue weighted by Crippen LogP contribution is -2.01. The van der Waals surface area contributed by atoms with E-state index in [0.717, 1.165) is 5.75 Å². The molecule has 3 nitrogen and oxygen atoms in total. The average Bonchev–Trinajstić information content (AvgIpc) is 3.00. The zero-order chi connectivity index (χ0) is 14.7. The number of ether oxygens (including phenoxy) is 2. The molecular formula is C18H18O3. The van der Waals surface area contributed by atoms with Crippen LogP contribution in [-0.2, 0) is 24.2 Å². The van der Waals surface area contributed by atoms with Gasteiger partial charge in [0.05, 0.1) is 12.7 Å². The van der Waals surface area contributed by atoms with Crippen LogP contribution in [0.15, 0.2) is 42.5 Å². The number of methoxy groups -OCH3 is 1. The van der Waals surface area contributed by atoms with Crippen LogP contribution in [0.1, 0.15) is 33.5 Å². The first kappa shape index (κ1) is 13.7. The third kappa shape index (κ3) is 3.07. The van der Waals surface area contributed by atoms with Gasteiger partial charge in [-0.3, -0.25) is 0 Å². The number of carbonyl (C=O) groups excluding carboxylic acids is 1. The lowest BCUT2D eigenvalue weighted by atomic mass is 10.1. The number of carbonyl (C=O) groups is 1. The first-order chi connectivity index (χ1) is 10.3. The van der Waals surface area contributed by atoms with Gasteiger partial charge in [-0.15, -0.1) is 0 Å². The van der Waals surface area contributed by atoms with Crippen molar-refractivity contribution < 1.29 is 14.3 Å². The van der Waals surface area contributed by atoms with Gasteiger partial charge < -0.3 is 9.47 Å². The van der Waals surface area contributed by atoms with Gasteiger partial charge in [-0.25, -0.2) is 4.79 Å². The van der Waals surface area contributed by atoms with E-state index in [0.29, 0.717) is 12.2 Å². The van der Waals surface area contributed by atoms with Crippen LogP contribution in [0.4, 0.5) is 0 Å². The molecule has 21 heavy (non-hydrogen) atoms. The van der Waals surface area contributed by atoms with Gasteiger partial charge in [0.25, 0.3) is 0 Å². The predicted molar refractivity (Wildman–Crippen MR) is 80.6 cm³/mol. The highest BCUT2D eigenvalue weighted by Gasteiger charge is 2.11. The fourth-order valence-electron chi connectivity index (χ4n) is 2.69. The summed E-state index contributed by atoms with van der Waals surface area (Å²) in [6, 6.07) is 13.6. The third-order valence-electron chi connectivity index (χ3n) is 3.84. The Labute approximate surface area is 124 Å². The molecule has 3 rings (SSSR count). The van der Waals surface area contributed by atoms with Crippen molar-refractivity contribution in [3.63, 3.8) is 0 Å². The van der Waals surface area contributed by atoms with Crippen molar-refractivity contribution >= 4 is 5.97 Å². The highest BCUT2D eigenvalue weighted by molar-refractivity contribution is 5.89. The molecule has 0 aromatic heterocycles. The van der Waals surface area contributed by atoms with E-state index in [1.165, 1.54) is 43.1 Å². The van der Waals surface area contributed by atoms with Crippen LogP contribution in [-0.4, -0.2) is 13.1 Å². The van der Waals surface area contributed by atoms with E-state index < -0.39 is 0 Å². The molecule has 3 heteroatoms. The van der Waals surface area contributed by atoms with E-state index >= 15 is 0 Å². The Bertz CT molecular complexity index is 644. The zero-order valence-electron chi connectivity index (χ0n) is 12.1. The van der Waals surface area contributed by atoms with Gasteiger partial charge in [0.2, 0.25) is 0 Å². The standard InChI is InChI=1S/C18H18O3/c1-20-18(19)15-7-9-17(10-8-15)21-12-13-5-6-14-3-2-4-16(14)11-13/h5-11H,2-4,12H2,1H3. The Hall–Kier alpha value is -2.29. The van der Waals surface area contributed by atoms with Gasteiger partial charge in [0.15, 0.2) is 0 Å². The van der Waals surface area contributed by atoms with E-state index in [1.807, 2.05) is 0 Å². The average molecular weight is 282 g/mol. The fraction of sp³-hybridized carbons (Fsp3) is 0.278. The number of hydrogen-bond donors (Lipinski definition) is 0. The van der Waals surface area contributed by atoms with Crippen molar-refractivity contribution in [2.45, 2.75) is 25.9 Å².